The molecule has 4 unspecified atom stereocenters. The predicted octanol–water partition coefficient (Wildman–Crippen LogP) is 3.70. The van der Waals surface area contributed by atoms with Gasteiger partial charge in [-0.25, -0.2) is 4.39 Å². The minimum atomic E-state index is -1.09. The topological polar surface area (TPSA) is 9.23 Å². The third-order valence-electron chi connectivity index (χ3n) is 3.39. The molecule has 2 heteroatoms. The van der Waals surface area contributed by atoms with Gasteiger partial charge in [0.1, 0.15) is 0 Å². The number of allylic oxidation sites excluding steroid dienone is 2. The highest BCUT2D eigenvalue weighted by Gasteiger charge is 2.37. The van der Waals surface area contributed by atoms with Crippen molar-refractivity contribution in [1.29, 1.82) is 0 Å². The van der Waals surface area contributed by atoms with Crippen LogP contribution in [0.2, 0.25) is 0 Å². The number of alkyl halides is 1. The fraction of sp³-hybridized carbons (Fsp3) is 0.846. The van der Waals surface area contributed by atoms with E-state index in [1.165, 1.54) is 6.42 Å². The van der Waals surface area contributed by atoms with E-state index in [2.05, 4.69) is 12.2 Å². The second-order valence-electron chi connectivity index (χ2n) is 5.92. The lowest BCUT2D eigenvalue weighted by molar-refractivity contribution is -0.132. The van der Waals surface area contributed by atoms with Crippen LogP contribution in [0.1, 0.15) is 40.0 Å². The molecule has 0 aromatic carbocycles. The molecule has 86 valence electrons. The maximum Gasteiger partial charge on any atom is 0.199 e. The minimum absolute atomic E-state index is 0.368. The standard InChI is InChI=1S/C13H21FO/c1-13(2,3)15-12(14)8-11-7-9-4-5-10(11)6-9/h4-5,9-12H,6-8H2,1-3H3. The molecule has 0 aliphatic heterocycles. The Morgan fingerprint density at radius 1 is 1.33 bits per heavy atom. The average Bonchev–Trinajstić information content (AvgIpc) is 2.60. The molecule has 1 saturated carbocycles. The monoisotopic (exact) mass is 212 g/mol. The van der Waals surface area contributed by atoms with E-state index in [1.807, 2.05) is 20.8 Å². The number of hydrogen-bond acceptors (Lipinski definition) is 1. The zero-order chi connectivity index (χ0) is 11.1. The third-order valence-corrected chi connectivity index (χ3v) is 3.39. The van der Waals surface area contributed by atoms with Gasteiger partial charge in [0.05, 0.1) is 5.60 Å². The van der Waals surface area contributed by atoms with E-state index in [4.69, 9.17) is 4.74 Å². The number of hydrogen-bond donors (Lipinski definition) is 0. The first-order chi connectivity index (χ1) is 6.94. The fourth-order valence-electron chi connectivity index (χ4n) is 2.84. The molecule has 2 bridgehead atoms. The van der Waals surface area contributed by atoms with Crippen LogP contribution in [0.5, 0.6) is 0 Å². The summed E-state index contributed by atoms with van der Waals surface area (Å²) >= 11 is 0. The van der Waals surface area contributed by atoms with Crippen LogP contribution in [0.3, 0.4) is 0 Å². The van der Waals surface area contributed by atoms with Crippen molar-refractivity contribution >= 4 is 0 Å². The molecule has 0 amide bonds. The molecular weight excluding hydrogens is 191 g/mol. The Hall–Kier alpha value is -0.370. The Labute approximate surface area is 91.7 Å². The molecule has 0 heterocycles. The van der Waals surface area contributed by atoms with E-state index in [0.29, 0.717) is 18.3 Å². The first-order valence-corrected chi connectivity index (χ1v) is 5.94. The lowest BCUT2D eigenvalue weighted by Crippen LogP contribution is -2.27. The van der Waals surface area contributed by atoms with Crippen molar-refractivity contribution in [2.24, 2.45) is 17.8 Å². The molecular formula is C13H21FO. The maximum atomic E-state index is 13.6. The molecule has 0 aromatic rings. The summed E-state index contributed by atoms with van der Waals surface area (Å²) in [5.41, 5.74) is -0.368. The Morgan fingerprint density at radius 2 is 2.07 bits per heavy atom. The number of halogens is 1. The van der Waals surface area contributed by atoms with Gasteiger partial charge in [-0.3, -0.25) is 0 Å². The van der Waals surface area contributed by atoms with Crippen LogP contribution in [-0.4, -0.2) is 12.0 Å². The van der Waals surface area contributed by atoms with Crippen LogP contribution in [0.4, 0.5) is 4.39 Å². The molecule has 0 radical (unpaired) electrons. The molecule has 1 fully saturated rings. The Kier molecular flexibility index (Phi) is 2.89. The first-order valence-electron chi connectivity index (χ1n) is 5.94. The second kappa shape index (κ2) is 3.89. The molecule has 0 aromatic heterocycles. The van der Waals surface area contributed by atoms with E-state index < -0.39 is 6.36 Å². The van der Waals surface area contributed by atoms with Crippen LogP contribution in [0, 0.1) is 17.8 Å². The van der Waals surface area contributed by atoms with Crippen molar-refractivity contribution in [3.8, 4) is 0 Å². The first kappa shape index (κ1) is 11.1. The molecule has 0 saturated heterocycles. The van der Waals surface area contributed by atoms with Gasteiger partial charge in [-0.2, -0.15) is 0 Å². The predicted molar refractivity (Wildman–Crippen MR) is 59.2 cm³/mol. The SMILES string of the molecule is CC(C)(C)OC(F)CC1CC2C=CC1C2. The van der Waals surface area contributed by atoms with E-state index in [9.17, 15) is 4.39 Å². The summed E-state index contributed by atoms with van der Waals surface area (Å²) in [6.07, 6.45) is 6.44. The summed E-state index contributed by atoms with van der Waals surface area (Å²) in [5.74, 6) is 1.86. The molecule has 1 nitrogen and oxygen atoms in total. The smallest absolute Gasteiger partial charge is 0.199 e. The summed E-state index contributed by atoms with van der Waals surface area (Å²) in [5, 5.41) is 0. The fourth-order valence-corrected chi connectivity index (χ4v) is 2.84. The zero-order valence-corrected chi connectivity index (χ0v) is 9.87. The Balaban J connectivity index is 1.80. The van der Waals surface area contributed by atoms with Crippen molar-refractivity contribution in [1.82, 2.24) is 0 Å². The van der Waals surface area contributed by atoms with Gasteiger partial charge in [-0.1, -0.05) is 12.2 Å². The Morgan fingerprint density at radius 3 is 2.53 bits per heavy atom. The van der Waals surface area contributed by atoms with Crippen molar-refractivity contribution in [2.45, 2.75) is 52.0 Å². The van der Waals surface area contributed by atoms with Crippen molar-refractivity contribution in [3.05, 3.63) is 12.2 Å². The highest BCUT2D eigenvalue weighted by molar-refractivity contribution is 5.10. The molecule has 2 aliphatic rings. The zero-order valence-electron chi connectivity index (χ0n) is 9.87. The summed E-state index contributed by atoms with van der Waals surface area (Å²) in [4.78, 5) is 0. The second-order valence-corrected chi connectivity index (χ2v) is 5.92. The van der Waals surface area contributed by atoms with Gasteiger partial charge in [0.25, 0.3) is 0 Å². The molecule has 0 N–H and O–H groups in total. The van der Waals surface area contributed by atoms with E-state index in [1.54, 1.807) is 0 Å². The summed E-state index contributed by atoms with van der Waals surface area (Å²) in [6.45, 7) is 5.71. The minimum Gasteiger partial charge on any atom is -0.342 e. The number of rotatable bonds is 3. The maximum absolute atomic E-state index is 13.6. The van der Waals surface area contributed by atoms with Crippen LogP contribution in [0.25, 0.3) is 0 Å². The lowest BCUT2D eigenvalue weighted by Gasteiger charge is -2.26. The van der Waals surface area contributed by atoms with Crippen molar-refractivity contribution in [3.63, 3.8) is 0 Å². The van der Waals surface area contributed by atoms with Crippen molar-refractivity contribution in [2.75, 3.05) is 0 Å². The van der Waals surface area contributed by atoms with Gasteiger partial charge < -0.3 is 4.74 Å². The highest BCUT2D eigenvalue weighted by Crippen LogP contribution is 2.45. The van der Waals surface area contributed by atoms with Gasteiger partial charge in [0, 0.05) is 6.42 Å². The summed E-state index contributed by atoms with van der Waals surface area (Å²) in [7, 11) is 0. The van der Waals surface area contributed by atoms with Crippen molar-refractivity contribution < 1.29 is 9.13 Å². The summed E-state index contributed by atoms with van der Waals surface area (Å²) in [6, 6.07) is 0. The third kappa shape index (κ3) is 2.81. The van der Waals surface area contributed by atoms with Gasteiger partial charge in [0.15, 0.2) is 6.36 Å². The molecule has 2 rings (SSSR count). The molecule has 15 heavy (non-hydrogen) atoms. The Bertz CT molecular complexity index is 254. The van der Waals surface area contributed by atoms with Crippen LogP contribution >= 0.6 is 0 Å². The van der Waals surface area contributed by atoms with Gasteiger partial charge in [0.2, 0.25) is 0 Å². The largest absolute Gasteiger partial charge is 0.342 e. The lowest BCUT2D eigenvalue weighted by atomic mass is 9.90. The van der Waals surface area contributed by atoms with Crippen LogP contribution in [0.15, 0.2) is 12.2 Å². The van der Waals surface area contributed by atoms with Gasteiger partial charge >= 0.3 is 0 Å². The van der Waals surface area contributed by atoms with Crippen LogP contribution in [-0.2, 0) is 4.74 Å². The summed E-state index contributed by atoms with van der Waals surface area (Å²) < 4.78 is 18.9. The van der Waals surface area contributed by atoms with Crippen LogP contribution < -0.4 is 0 Å². The molecule has 0 spiro atoms. The highest BCUT2D eigenvalue weighted by atomic mass is 19.1. The van der Waals surface area contributed by atoms with E-state index in [0.717, 1.165) is 12.3 Å². The molecule has 4 atom stereocenters. The number of fused-ring (bicyclic) bond motifs is 2. The normalized spacial score (nSPS) is 36.1. The quantitative estimate of drug-likeness (QED) is 0.648. The van der Waals surface area contributed by atoms with E-state index >= 15 is 0 Å². The number of ether oxygens (including phenoxy) is 1. The van der Waals surface area contributed by atoms with Gasteiger partial charge in [-0.15, -0.1) is 0 Å². The molecule has 2 aliphatic carbocycles. The van der Waals surface area contributed by atoms with E-state index in [-0.39, 0.29) is 5.60 Å². The average molecular weight is 212 g/mol. The van der Waals surface area contributed by atoms with Gasteiger partial charge in [-0.05, 0) is 51.4 Å².